The van der Waals surface area contributed by atoms with Crippen LogP contribution in [0.4, 0.5) is 0 Å². The number of piperidine rings is 1. The van der Waals surface area contributed by atoms with E-state index in [9.17, 15) is 4.79 Å². The molecule has 1 saturated heterocycles. The Morgan fingerprint density at radius 2 is 2.00 bits per heavy atom. The van der Waals surface area contributed by atoms with Gasteiger partial charge in [-0.15, -0.1) is 5.10 Å². The number of hydrogen-bond donors (Lipinski definition) is 0. The van der Waals surface area contributed by atoms with Crippen molar-refractivity contribution < 1.29 is 4.79 Å². The van der Waals surface area contributed by atoms with Gasteiger partial charge in [0.2, 0.25) is 0 Å². The molecule has 0 spiro atoms. The van der Waals surface area contributed by atoms with Crippen molar-refractivity contribution in [1.82, 2.24) is 29.9 Å². The summed E-state index contributed by atoms with van der Waals surface area (Å²) < 4.78 is 1.97. The molecule has 1 unspecified atom stereocenters. The summed E-state index contributed by atoms with van der Waals surface area (Å²) in [7, 11) is 0. The Hall–Kier alpha value is -2.31. The van der Waals surface area contributed by atoms with E-state index < -0.39 is 0 Å². The standard InChI is InChI=1S/C19H26N6O/c1-14-9-21-17(10-20-14)19(26)24-8-4-5-15(11-24)12-25-13-18(22-23-25)16-6-2-3-7-16/h9-10,13,15-16H,2-8,11-12H2,1H3. The van der Waals surface area contributed by atoms with Crippen LogP contribution in [0.5, 0.6) is 0 Å². The minimum Gasteiger partial charge on any atom is -0.337 e. The number of likely N-dealkylation sites (tertiary alicyclic amines) is 1. The van der Waals surface area contributed by atoms with Crippen molar-refractivity contribution in [3.8, 4) is 0 Å². The molecule has 138 valence electrons. The predicted octanol–water partition coefficient (Wildman–Crippen LogP) is 2.59. The number of nitrogens with zero attached hydrogens (tertiary/aromatic N) is 6. The molecule has 0 aromatic carbocycles. The maximum Gasteiger partial charge on any atom is 0.274 e. The van der Waals surface area contributed by atoms with Crippen molar-refractivity contribution in [2.75, 3.05) is 13.1 Å². The van der Waals surface area contributed by atoms with Gasteiger partial charge in [-0.05, 0) is 38.5 Å². The Kier molecular flexibility index (Phi) is 4.95. The Labute approximate surface area is 153 Å². The molecule has 2 aromatic heterocycles. The average molecular weight is 354 g/mol. The summed E-state index contributed by atoms with van der Waals surface area (Å²) in [5.41, 5.74) is 2.39. The smallest absolute Gasteiger partial charge is 0.274 e. The van der Waals surface area contributed by atoms with Gasteiger partial charge in [0.05, 0.1) is 17.6 Å². The highest BCUT2D eigenvalue weighted by molar-refractivity contribution is 5.92. The molecule has 0 radical (unpaired) electrons. The molecule has 1 aliphatic heterocycles. The number of aryl methyl sites for hydroxylation is 1. The minimum absolute atomic E-state index is 0.0209. The van der Waals surface area contributed by atoms with Crippen molar-refractivity contribution >= 4 is 5.91 Å². The summed E-state index contributed by atoms with van der Waals surface area (Å²) >= 11 is 0. The van der Waals surface area contributed by atoms with Crippen molar-refractivity contribution in [3.05, 3.63) is 35.7 Å². The monoisotopic (exact) mass is 354 g/mol. The van der Waals surface area contributed by atoms with Gasteiger partial charge >= 0.3 is 0 Å². The fourth-order valence-corrected chi connectivity index (χ4v) is 4.14. The van der Waals surface area contributed by atoms with Crippen molar-refractivity contribution in [3.63, 3.8) is 0 Å². The molecule has 2 aliphatic rings. The normalized spacial score (nSPS) is 21.3. The second kappa shape index (κ2) is 7.51. The molecular weight excluding hydrogens is 328 g/mol. The second-order valence-corrected chi connectivity index (χ2v) is 7.65. The molecule has 3 heterocycles. The highest BCUT2D eigenvalue weighted by atomic mass is 16.2. The summed E-state index contributed by atoms with van der Waals surface area (Å²) in [6, 6.07) is 0. The number of carbonyl (C=O) groups is 1. The molecule has 7 heteroatoms. The molecular formula is C19H26N6O. The van der Waals surface area contributed by atoms with Crippen LogP contribution in [0, 0.1) is 12.8 Å². The number of amides is 1. The minimum atomic E-state index is -0.0209. The maximum atomic E-state index is 12.7. The number of rotatable bonds is 4. The van der Waals surface area contributed by atoms with Crippen LogP contribution in [-0.4, -0.2) is 48.9 Å². The molecule has 0 bridgehead atoms. The first-order valence-electron chi connectivity index (χ1n) is 9.67. The van der Waals surface area contributed by atoms with E-state index in [1.807, 2.05) is 16.5 Å². The van der Waals surface area contributed by atoms with Crippen LogP contribution in [0.15, 0.2) is 18.6 Å². The van der Waals surface area contributed by atoms with E-state index in [2.05, 4.69) is 26.5 Å². The quantitative estimate of drug-likeness (QED) is 0.843. The van der Waals surface area contributed by atoms with Crippen LogP contribution in [0.1, 0.15) is 66.3 Å². The topological polar surface area (TPSA) is 76.8 Å². The van der Waals surface area contributed by atoms with E-state index in [0.29, 0.717) is 17.5 Å². The van der Waals surface area contributed by atoms with Gasteiger partial charge in [0, 0.05) is 37.9 Å². The van der Waals surface area contributed by atoms with Crippen LogP contribution in [-0.2, 0) is 6.54 Å². The summed E-state index contributed by atoms with van der Waals surface area (Å²) in [6.07, 6.45) is 12.5. The third-order valence-electron chi connectivity index (χ3n) is 5.58. The van der Waals surface area contributed by atoms with Crippen LogP contribution >= 0.6 is 0 Å². The van der Waals surface area contributed by atoms with Gasteiger partial charge in [-0.3, -0.25) is 14.5 Å². The second-order valence-electron chi connectivity index (χ2n) is 7.65. The van der Waals surface area contributed by atoms with Crippen molar-refractivity contribution in [2.24, 2.45) is 5.92 Å². The zero-order chi connectivity index (χ0) is 17.9. The van der Waals surface area contributed by atoms with Gasteiger partial charge in [-0.2, -0.15) is 0 Å². The van der Waals surface area contributed by atoms with Crippen LogP contribution < -0.4 is 0 Å². The predicted molar refractivity (Wildman–Crippen MR) is 96.6 cm³/mol. The van der Waals surface area contributed by atoms with Gasteiger partial charge < -0.3 is 4.90 Å². The molecule has 1 saturated carbocycles. The van der Waals surface area contributed by atoms with E-state index in [1.54, 1.807) is 12.4 Å². The van der Waals surface area contributed by atoms with E-state index in [1.165, 1.54) is 25.7 Å². The molecule has 2 fully saturated rings. The number of hydrogen-bond acceptors (Lipinski definition) is 5. The average Bonchev–Trinajstić information content (AvgIpc) is 3.34. The van der Waals surface area contributed by atoms with Gasteiger partial charge in [-0.1, -0.05) is 18.1 Å². The Bertz CT molecular complexity index is 750. The molecule has 1 amide bonds. The third-order valence-corrected chi connectivity index (χ3v) is 5.58. The highest BCUT2D eigenvalue weighted by Gasteiger charge is 2.26. The van der Waals surface area contributed by atoms with Gasteiger partial charge in [0.25, 0.3) is 5.91 Å². The maximum absolute atomic E-state index is 12.7. The van der Waals surface area contributed by atoms with Crippen LogP contribution in [0.3, 0.4) is 0 Å². The first-order valence-corrected chi connectivity index (χ1v) is 9.67. The Morgan fingerprint density at radius 3 is 2.77 bits per heavy atom. The third kappa shape index (κ3) is 3.76. The number of carbonyl (C=O) groups excluding carboxylic acids is 1. The largest absolute Gasteiger partial charge is 0.337 e. The van der Waals surface area contributed by atoms with E-state index in [0.717, 1.165) is 43.9 Å². The molecule has 4 rings (SSSR count). The summed E-state index contributed by atoms with van der Waals surface area (Å²) in [4.78, 5) is 23.0. The zero-order valence-corrected chi connectivity index (χ0v) is 15.3. The lowest BCUT2D eigenvalue weighted by molar-refractivity contribution is 0.0653. The van der Waals surface area contributed by atoms with Gasteiger partial charge in [0.1, 0.15) is 5.69 Å². The molecule has 2 aromatic rings. The lowest BCUT2D eigenvalue weighted by Crippen LogP contribution is -2.41. The van der Waals surface area contributed by atoms with E-state index >= 15 is 0 Å². The first-order chi connectivity index (χ1) is 12.7. The fraction of sp³-hybridized carbons (Fsp3) is 0.632. The lowest BCUT2D eigenvalue weighted by Gasteiger charge is -2.32. The zero-order valence-electron chi connectivity index (χ0n) is 15.3. The van der Waals surface area contributed by atoms with Crippen molar-refractivity contribution in [1.29, 1.82) is 0 Å². The molecule has 26 heavy (non-hydrogen) atoms. The number of aromatic nitrogens is 5. The van der Waals surface area contributed by atoms with Crippen LogP contribution in [0.2, 0.25) is 0 Å². The Morgan fingerprint density at radius 1 is 1.15 bits per heavy atom. The molecule has 1 atom stereocenters. The highest BCUT2D eigenvalue weighted by Crippen LogP contribution is 2.32. The van der Waals surface area contributed by atoms with Crippen molar-refractivity contribution in [2.45, 2.75) is 57.9 Å². The van der Waals surface area contributed by atoms with E-state index in [-0.39, 0.29) is 5.91 Å². The van der Waals surface area contributed by atoms with Crippen LogP contribution in [0.25, 0.3) is 0 Å². The lowest BCUT2D eigenvalue weighted by atomic mass is 9.97. The summed E-state index contributed by atoms with van der Waals surface area (Å²) in [6.45, 7) is 4.22. The van der Waals surface area contributed by atoms with Gasteiger partial charge in [-0.25, -0.2) is 4.98 Å². The van der Waals surface area contributed by atoms with E-state index in [4.69, 9.17) is 0 Å². The fourth-order valence-electron chi connectivity index (χ4n) is 4.14. The summed E-state index contributed by atoms with van der Waals surface area (Å²) in [5.74, 6) is 0.977. The molecule has 0 N–H and O–H groups in total. The molecule has 1 aliphatic carbocycles. The summed E-state index contributed by atoms with van der Waals surface area (Å²) in [5, 5.41) is 8.72. The Balaban J connectivity index is 1.37. The molecule has 7 nitrogen and oxygen atoms in total. The SMILES string of the molecule is Cc1cnc(C(=O)N2CCCC(Cn3cc(C4CCCC4)nn3)C2)cn1. The van der Waals surface area contributed by atoms with Gasteiger partial charge in [0.15, 0.2) is 0 Å². The first kappa shape index (κ1) is 17.1.